The summed E-state index contributed by atoms with van der Waals surface area (Å²) in [6.45, 7) is 6.23. The van der Waals surface area contributed by atoms with Gasteiger partial charge in [0, 0.05) is 12.8 Å². The van der Waals surface area contributed by atoms with E-state index in [0.29, 0.717) is 24.6 Å². The zero-order chi connectivity index (χ0) is 11.5. The third kappa shape index (κ3) is 4.58. The van der Waals surface area contributed by atoms with Crippen LogP contribution in [0, 0.1) is 5.41 Å². The quantitative estimate of drug-likeness (QED) is 0.821. The van der Waals surface area contributed by atoms with Crippen LogP contribution in [0.1, 0.15) is 38.9 Å². The first kappa shape index (κ1) is 11.7. The Hall–Kier alpha value is -1.39. The first-order valence-corrected chi connectivity index (χ1v) is 4.90. The lowest BCUT2D eigenvalue weighted by Gasteiger charge is -2.13. The lowest BCUT2D eigenvalue weighted by Crippen LogP contribution is -2.09. The number of hydrogen-bond donors (Lipinski definition) is 1. The molecule has 5 heteroatoms. The second kappa shape index (κ2) is 4.42. The van der Waals surface area contributed by atoms with Gasteiger partial charge < -0.3 is 9.63 Å². The highest BCUT2D eigenvalue weighted by atomic mass is 16.5. The molecule has 0 aliphatic rings. The van der Waals surface area contributed by atoms with Crippen LogP contribution in [-0.2, 0) is 17.6 Å². The molecule has 0 atom stereocenters. The summed E-state index contributed by atoms with van der Waals surface area (Å²) in [6, 6.07) is 0. The van der Waals surface area contributed by atoms with Crippen LogP contribution in [-0.4, -0.2) is 21.2 Å². The molecule has 0 amide bonds. The summed E-state index contributed by atoms with van der Waals surface area (Å²) in [7, 11) is 0. The largest absolute Gasteiger partial charge is 0.481 e. The van der Waals surface area contributed by atoms with E-state index in [2.05, 4.69) is 30.9 Å². The maximum Gasteiger partial charge on any atom is 0.303 e. The van der Waals surface area contributed by atoms with Crippen LogP contribution in [0.5, 0.6) is 0 Å². The van der Waals surface area contributed by atoms with Crippen molar-refractivity contribution < 1.29 is 14.4 Å². The Morgan fingerprint density at radius 2 is 2.13 bits per heavy atom. The number of aliphatic carboxylic acids is 1. The molecule has 5 nitrogen and oxygen atoms in total. The molecule has 0 radical (unpaired) electrons. The Kier molecular flexibility index (Phi) is 3.44. The number of carbonyl (C=O) groups is 1. The van der Waals surface area contributed by atoms with E-state index in [1.165, 1.54) is 0 Å². The molecule has 1 N–H and O–H groups in total. The van der Waals surface area contributed by atoms with E-state index in [-0.39, 0.29) is 11.8 Å². The van der Waals surface area contributed by atoms with Crippen molar-refractivity contribution in [1.82, 2.24) is 10.1 Å². The van der Waals surface area contributed by atoms with E-state index in [0.717, 1.165) is 0 Å². The maximum absolute atomic E-state index is 10.3. The van der Waals surface area contributed by atoms with E-state index in [1.54, 1.807) is 0 Å². The first-order valence-electron chi connectivity index (χ1n) is 4.90. The van der Waals surface area contributed by atoms with Crippen molar-refractivity contribution in [2.75, 3.05) is 0 Å². The number of nitrogens with zero attached hydrogens (tertiary/aromatic N) is 2. The third-order valence-corrected chi connectivity index (χ3v) is 1.75. The minimum atomic E-state index is -0.850. The van der Waals surface area contributed by atoms with Gasteiger partial charge in [-0.1, -0.05) is 25.9 Å². The summed E-state index contributed by atoms with van der Waals surface area (Å²) in [5, 5.41) is 12.2. The summed E-state index contributed by atoms with van der Waals surface area (Å²) >= 11 is 0. The highest BCUT2D eigenvalue weighted by molar-refractivity contribution is 5.66. The van der Waals surface area contributed by atoms with Gasteiger partial charge >= 0.3 is 5.97 Å². The molecular weight excluding hydrogens is 196 g/mol. The van der Waals surface area contributed by atoms with E-state index >= 15 is 0 Å². The third-order valence-electron chi connectivity index (χ3n) is 1.75. The van der Waals surface area contributed by atoms with Crippen LogP contribution < -0.4 is 0 Å². The van der Waals surface area contributed by atoms with Crippen LogP contribution in [0.15, 0.2) is 4.52 Å². The van der Waals surface area contributed by atoms with Gasteiger partial charge in [-0.2, -0.15) is 4.98 Å². The zero-order valence-electron chi connectivity index (χ0n) is 9.28. The number of hydrogen-bond acceptors (Lipinski definition) is 4. The molecule has 15 heavy (non-hydrogen) atoms. The Morgan fingerprint density at radius 3 is 2.67 bits per heavy atom. The minimum absolute atomic E-state index is 0.0362. The monoisotopic (exact) mass is 212 g/mol. The summed E-state index contributed by atoms with van der Waals surface area (Å²) in [5.41, 5.74) is 0.0939. The number of carboxylic acids is 1. The summed E-state index contributed by atoms with van der Waals surface area (Å²) in [4.78, 5) is 14.4. The van der Waals surface area contributed by atoms with Gasteiger partial charge in [-0.05, 0) is 5.41 Å². The fraction of sp³-hybridized carbons (Fsp3) is 0.700. The van der Waals surface area contributed by atoms with E-state index in [4.69, 9.17) is 9.63 Å². The van der Waals surface area contributed by atoms with Gasteiger partial charge in [-0.15, -0.1) is 0 Å². The lowest BCUT2D eigenvalue weighted by molar-refractivity contribution is -0.137. The van der Waals surface area contributed by atoms with Gasteiger partial charge in [0.25, 0.3) is 0 Å². The smallest absolute Gasteiger partial charge is 0.303 e. The summed E-state index contributed by atoms with van der Waals surface area (Å²) < 4.78 is 5.02. The van der Waals surface area contributed by atoms with Gasteiger partial charge in [-0.3, -0.25) is 4.79 Å². The number of aromatic nitrogens is 2. The number of carboxylic acid groups (broad SMARTS) is 1. The normalized spacial score (nSPS) is 11.7. The fourth-order valence-corrected chi connectivity index (χ4v) is 1.14. The average Bonchev–Trinajstić information content (AvgIpc) is 2.45. The minimum Gasteiger partial charge on any atom is -0.481 e. The molecule has 0 bridgehead atoms. The van der Waals surface area contributed by atoms with Crippen molar-refractivity contribution in [3.8, 4) is 0 Å². The second-order valence-corrected chi connectivity index (χ2v) is 4.74. The maximum atomic E-state index is 10.3. The first-order chi connectivity index (χ1) is 6.87. The standard InChI is InChI=1S/C10H16N2O3/c1-10(2,3)6-8-11-7(12-15-8)4-5-9(13)14/h4-6H2,1-3H3,(H,13,14). The lowest BCUT2D eigenvalue weighted by atomic mass is 9.92. The molecule has 84 valence electrons. The molecule has 0 aromatic carbocycles. The second-order valence-electron chi connectivity index (χ2n) is 4.74. The van der Waals surface area contributed by atoms with Crippen molar-refractivity contribution >= 4 is 5.97 Å². The molecule has 1 rings (SSSR count). The Bertz CT molecular complexity index is 339. The molecular formula is C10H16N2O3. The van der Waals surface area contributed by atoms with E-state index in [9.17, 15) is 4.79 Å². The highest BCUT2D eigenvalue weighted by Gasteiger charge is 2.16. The number of aryl methyl sites for hydroxylation is 1. The van der Waals surface area contributed by atoms with Crippen molar-refractivity contribution in [1.29, 1.82) is 0 Å². The van der Waals surface area contributed by atoms with Crippen LogP contribution in [0.4, 0.5) is 0 Å². The average molecular weight is 212 g/mol. The molecule has 0 aliphatic heterocycles. The van der Waals surface area contributed by atoms with Crippen molar-refractivity contribution in [2.24, 2.45) is 5.41 Å². The molecule has 0 spiro atoms. The van der Waals surface area contributed by atoms with Crippen LogP contribution in [0.3, 0.4) is 0 Å². The summed E-state index contributed by atoms with van der Waals surface area (Å²) in [5.74, 6) is 0.191. The van der Waals surface area contributed by atoms with Crippen LogP contribution in [0.2, 0.25) is 0 Å². The SMILES string of the molecule is CC(C)(C)Cc1nc(CCC(=O)O)no1. The highest BCUT2D eigenvalue weighted by Crippen LogP contribution is 2.19. The van der Waals surface area contributed by atoms with E-state index in [1.807, 2.05) is 0 Å². The molecule has 0 aliphatic carbocycles. The zero-order valence-corrected chi connectivity index (χ0v) is 9.28. The Balaban J connectivity index is 2.53. The number of rotatable bonds is 4. The van der Waals surface area contributed by atoms with Crippen LogP contribution in [0.25, 0.3) is 0 Å². The van der Waals surface area contributed by atoms with Gasteiger partial charge in [-0.25, -0.2) is 0 Å². The predicted octanol–water partition coefficient (Wildman–Crippen LogP) is 1.68. The van der Waals surface area contributed by atoms with Crippen LogP contribution >= 0.6 is 0 Å². The molecule has 1 aromatic rings. The van der Waals surface area contributed by atoms with Gasteiger partial charge in [0.2, 0.25) is 5.89 Å². The van der Waals surface area contributed by atoms with Gasteiger partial charge in [0.15, 0.2) is 5.82 Å². The molecule has 0 fully saturated rings. The van der Waals surface area contributed by atoms with Crippen molar-refractivity contribution in [3.63, 3.8) is 0 Å². The van der Waals surface area contributed by atoms with Crippen molar-refractivity contribution in [2.45, 2.75) is 40.0 Å². The van der Waals surface area contributed by atoms with Crippen molar-refractivity contribution in [3.05, 3.63) is 11.7 Å². The van der Waals surface area contributed by atoms with Gasteiger partial charge in [0.05, 0.1) is 6.42 Å². The molecule has 0 saturated carbocycles. The predicted molar refractivity (Wildman–Crippen MR) is 53.4 cm³/mol. The molecule has 1 heterocycles. The fourth-order valence-electron chi connectivity index (χ4n) is 1.14. The Labute approximate surface area is 88.5 Å². The Morgan fingerprint density at radius 1 is 1.47 bits per heavy atom. The summed E-state index contributed by atoms with van der Waals surface area (Å²) in [6.07, 6.45) is 1.06. The topological polar surface area (TPSA) is 76.2 Å². The molecule has 0 unspecified atom stereocenters. The van der Waals surface area contributed by atoms with E-state index < -0.39 is 5.97 Å². The molecule has 0 saturated heterocycles. The van der Waals surface area contributed by atoms with Gasteiger partial charge in [0.1, 0.15) is 0 Å². The molecule has 1 aromatic heterocycles.